The predicted octanol–water partition coefficient (Wildman–Crippen LogP) is 5.61. The standard InChI is InChI=1S/C18H18BrNO/c1-12(14-7-9-16(19)10-8-14)20-13(2)18-11-15-5-3-4-6-17(15)21-18/h3-13,20H,1-2H3. The van der Waals surface area contributed by atoms with Crippen LogP contribution >= 0.6 is 15.9 Å². The third-order valence-corrected chi connectivity index (χ3v) is 4.27. The van der Waals surface area contributed by atoms with Gasteiger partial charge in [-0.2, -0.15) is 0 Å². The first-order valence-corrected chi connectivity index (χ1v) is 7.93. The van der Waals surface area contributed by atoms with E-state index in [0.717, 1.165) is 21.2 Å². The molecule has 0 bridgehead atoms. The molecule has 0 aliphatic rings. The van der Waals surface area contributed by atoms with Crippen molar-refractivity contribution in [2.45, 2.75) is 25.9 Å². The van der Waals surface area contributed by atoms with E-state index in [-0.39, 0.29) is 12.1 Å². The van der Waals surface area contributed by atoms with E-state index in [1.807, 2.05) is 18.2 Å². The number of nitrogens with one attached hydrogen (secondary N) is 1. The maximum atomic E-state index is 5.92. The molecule has 0 saturated carbocycles. The zero-order chi connectivity index (χ0) is 14.8. The van der Waals surface area contributed by atoms with Crippen LogP contribution in [-0.2, 0) is 0 Å². The zero-order valence-electron chi connectivity index (χ0n) is 12.1. The molecule has 0 spiro atoms. The van der Waals surface area contributed by atoms with Gasteiger partial charge in [0.05, 0.1) is 6.04 Å². The van der Waals surface area contributed by atoms with Crippen LogP contribution in [0.5, 0.6) is 0 Å². The van der Waals surface area contributed by atoms with Crippen molar-refractivity contribution in [3.8, 4) is 0 Å². The second kappa shape index (κ2) is 6.04. The minimum absolute atomic E-state index is 0.163. The van der Waals surface area contributed by atoms with E-state index >= 15 is 0 Å². The molecule has 2 nitrogen and oxygen atoms in total. The summed E-state index contributed by atoms with van der Waals surface area (Å²) in [4.78, 5) is 0. The fraction of sp³-hybridized carbons (Fsp3) is 0.222. The summed E-state index contributed by atoms with van der Waals surface area (Å²) in [5.41, 5.74) is 2.21. The summed E-state index contributed by atoms with van der Waals surface area (Å²) >= 11 is 3.47. The topological polar surface area (TPSA) is 25.2 Å². The Hall–Kier alpha value is -1.58. The summed E-state index contributed by atoms with van der Waals surface area (Å²) in [6, 6.07) is 19.1. The minimum Gasteiger partial charge on any atom is -0.459 e. The first-order valence-electron chi connectivity index (χ1n) is 7.13. The lowest BCUT2D eigenvalue weighted by atomic mass is 10.1. The Bertz CT molecular complexity index is 699. The number of furan rings is 1. The third-order valence-electron chi connectivity index (χ3n) is 3.74. The maximum absolute atomic E-state index is 5.92. The lowest BCUT2D eigenvalue weighted by Crippen LogP contribution is -2.22. The Morgan fingerprint density at radius 3 is 2.38 bits per heavy atom. The Morgan fingerprint density at radius 1 is 0.952 bits per heavy atom. The van der Waals surface area contributed by atoms with Gasteiger partial charge in [-0.15, -0.1) is 0 Å². The molecule has 0 radical (unpaired) electrons. The highest BCUT2D eigenvalue weighted by atomic mass is 79.9. The molecule has 2 atom stereocenters. The number of rotatable bonds is 4. The largest absolute Gasteiger partial charge is 0.459 e. The van der Waals surface area contributed by atoms with Crippen LogP contribution in [0.3, 0.4) is 0 Å². The molecule has 0 fully saturated rings. The van der Waals surface area contributed by atoms with Crippen LogP contribution in [0, 0.1) is 0 Å². The molecule has 21 heavy (non-hydrogen) atoms. The van der Waals surface area contributed by atoms with Crippen molar-refractivity contribution in [3.05, 3.63) is 70.4 Å². The molecule has 1 N–H and O–H groups in total. The molecule has 0 aliphatic carbocycles. The highest BCUT2D eigenvalue weighted by Gasteiger charge is 2.14. The van der Waals surface area contributed by atoms with Crippen LogP contribution in [0.15, 0.2) is 63.5 Å². The van der Waals surface area contributed by atoms with Gasteiger partial charge in [-0.1, -0.05) is 46.3 Å². The lowest BCUT2D eigenvalue weighted by molar-refractivity contribution is 0.417. The van der Waals surface area contributed by atoms with Crippen LogP contribution in [0.2, 0.25) is 0 Å². The molecular formula is C18H18BrNO. The average Bonchev–Trinajstić information content (AvgIpc) is 2.92. The SMILES string of the molecule is CC(NC(C)c1cc2ccccc2o1)c1ccc(Br)cc1. The first kappa shape index (κ1) is 14.4. The minimum atomic E-state index is 0.163. The summed E-state index contributed by atoms with van der Waals surface area (Å²) in [6.45, 7) is 4.30. The first-order chi connectivity index (χ1) is 10.1. The van der Waals surface area contributed by atoms with Crippen molar-refractivity contribution in [1.29, 1.82) is 0 Å². The van der Waals surface area contributed by atoms with E-state index in [1.54, 1.807) is 0 Å². The summed E-state index contributed by atoms with van der Waals surface area (Å²) < 4.78 is 7.02. The van der Waals surface area contributed by atoms with Crippen LogP contribution in [0.25, 0.3) is 11.0 Å². The third kappa shape index (κ3) is 3.20. The van der Waals surface area contributed by atoms with Gasteiger partial charge in [0.2, 0.25) is 0 Å². The van der Waals surface area contributed by atoms with E-state index in [2.05, 4.69) is 71.5 Å². The van der Waals surface area contributed by atoms with Gasteiger partial charge in [0.1, 0.15) is 11.3 Å². The molecule has 3 rings (SSSR count). The summed E-state index contributed by atoms with van der Waals surface area (Å²) in [7, 11) is 0. The lowest BCUT2D eigenvalue weighted by Gasteiger charge is -2.19. The van der Waals surface area contributed by atoms with Crippen LogP contribution in [-0.4, -0.2) is 0 Å². The smallest absolute Gasteiger partial charge is 0.134 e. The Labute approximate surface area is 133 Å². The fourth-order valence-electron chi connectivity index (χ4n) is 2.52. The van der Waals surface area contributed by atoms with Gasteiger partial charge >= 0.3 is 0 Å². The average molecular weight is 344 g/mol. The maximum Gasteiger partial charge on any atom is 0.134 e. The molecule has 1 aromatic heterocycles. The van der Waals surface area contributed by atoms with Gasteiger partial charge in [-0.3, -0.25) is 0 Å². The fourth-order valence-corrected chi connectivity index (χ4v) is 2.78. The van der Waals surface area contributed by atoms with Crippen LogP contribution in [0.1, 0.15) is 37.3 Å². The number of benzene rings is 2. The quantitative estimate of drug-likeness (QED) is 0.666. The van der Waals surface area contributed by atoms with Gasteiger partial charge < -0.3 is 9.73 Å². The van der Waals surface area contributed by atoms with Crippen molar-refractivity contribution < 1.29 is 4.42 Å². The van der Waals surface area contributed by atoms with Gasteiger partial charge in [0.15, 0.2) is 0 Å². The van der Waals surface area contributed by atoms with Gasteiger partial charge in [0.25, 0.3) is 0 Å². The second-order valence-corrected chi connectivity index (χ2v) is 6.26. The van der Waals surface area contributed by atoms with Gasteiger partial charge in [-0.05, 0) is 43.7 Å². The van der Waals surface area contributed by atoms with E-state index in [0.29, 0.717) is 0 Å². The molecular weight excluding hydrogens is 326 g/mol. The van der Waals surface area contributed by atoms with Gasteiger partial charge in [-0.25, -0.2) is 0 Å². The Kier molecular flexibility index (Phi) is 4.13. The van der Waals surface area contributed by atoms with Crippen LogP contribution < -0.4 is 5.32 Å². The predicted molar refractivity (Wildman–Crippen MR) is 90.3 cm³/mol. The molecule has 2 unspecified atom stereocenters. The van der Waals surface area contributed by atoms with E-state index in [9.17, 15) is 0 Å². The number of fused-ring (bicyclic) bond motifs is 1. The van der Waals surface area contributed by atoms with E-state index in [4.69, 9.17) is 4.42 Å². The number of para-hydroxylation sites is 1. The summed E-state index contributed by atoms with van der Waals surface area (Å²) in [6.07, 6.45) is 0. The molecule has 108 valence electrons. The molecule has 3 heteroatoms. The van der Waals surface area contributed by atoms with Gasteiger partial charge in [0, 0.05) is 15.9 Å². The van der Waals surface area contributed by atoms with Crippen LogP contribution in [0.4, 0.5) is 0 Å². The summed E-state index contributed by atoms with van der Waals surface area (Å²) in [5.74, 6) is 0.972. The highest BCUT2D eigenvalue weighted by Crippen LogP contribution is 2.26. The number of halogens is 1. The highest BCUT2D eigenvalue weighted by molar-refractivity contribution is 9.10. The monoisotopic (exact) mass is 343 g/mol. The normalized spacial score (nSPS) is 14.2. The molecule has 0 saturated heterocycles. The van der Waals surface area contributed by atoms with Crippen molar-refractivity contribution >= 4 is 26.9 Å². The summed E-state index contributed by atoms with van der Waals surface area (Å²) in [5, 5.41) is 4.73. The molecule has 1 heterocycles. The Balaban J connectivity index is 1.75. The molecule has 2 aromatic carbocycles. The van der Waals surface area contributed by atoms with E-state index < -0.39 is 0 Å². The zero-order valence-corrected chi connectivity index (χ0v) is 13.7. The van der Waals surface area contributed by atoms with Crippen molar-refractivity contribution in [2.75, 3.05) is 0 Å². The van der Waals surface area contributed by atoms with Crippen molar-refractivity contribution in [3.63, 3.8) is 0 Å². The number of hydrogen-bond acceptors (Lipinski definition) is 2. The molecule has 0 amide bonds. The number of hydrogen-bond donors (Lipinski definition) is 1. The van der Waals surface area contributed by atoms with Crippen molar-refractivity contribution in [1.82, 2.24) is 5.32 Å². The second-order valence-electron chi connectivity index (χ2n) is 5.35. The molecule has 3 aromatic rings. The Morgan fingerprint density at radius 2 is 1.67 bits per heavy atom. The van der Waals surface area contributed by atoms with Crippen molar-refractivity contribution in [2.24, 2.45) is 0 Å². The molecule has 0 aliphatic heterocycles. The van der Waals surface area contributed by atoms with E-state index in [1.165, 1.54) is 5.56 Å².